The predicted molar refractivity (Wildman–Crippen MR) is 151 cm³/mol. The second-order valence-corrected chi connectivity index (χ2v) is 10.9. The molecule has 0 radical (unpaired) electrons. The number of carbonyl (C=O) groups excluding carboxylic acids is 2. The number of methoxy groups -OCH3 is 2. The van der Waals surface area contributed by atoms with Crippen molar-refractivity contribution in [1.29, 1.82) is 0 Å². The van der Waals surface area contributed by atoms with Gasteiger partial charge in [0.2, 0.25) is 11.8 Å². The third-order valence-electron chi connectivity index (χ3n) is 8.46. The first-order valence-electron chi connectivity index (χ1n) is 14.2. The number of rotatable bonds is 8. The molecule has 11 heteroatoms. The molecule has 3 amide bonds. The van der Waals surface area contributed by atoms with Gasteiger partial charge in [-0.1, -0.05) is 12.8 Å². The molecule has 2 aromatic rings. The Morgan fingerprint density at radius 2 is 1.68 bits per heavy atom. The first kappa shape index (κ1) is 28.4. The number of likely N-dealkylation sites (tertiary alicyclic amines) is 1. The number of piperidine rings is 1. The van der Waals surface area contributed by atoms with Gasteiger partial charge in [-0.05, 0) is 61.6 Å². The number of pyridine rings is 1. The van der Waals surface area contributed by atoms with E-state index < -0.39 is 12.1 Å². The highest BCUT2D eigenvalue weighted by Gasteiger charge is 2.44. The Hall–Kier alpha value is -4.15. The number of nitrogens with one attached hydrogen (secondary N) is 1. The highest BCUT2D eigenvalue weighted by Crippen LogP contribution is 2.40. The Balaban J connectivity index is 1.34. The van der Waals surface area contributed by atoms with Gasteiger partial charge in [-0.25, -0.2) is 9.80 Å². The Bertz CT molecular complexity index is 1290. The Morgan fingerprint density at radius 3 is 2.34 bits per heavy atom. The molecule has 3 aliphatic rings. The molecule has 3 heterocycles. The van der Waals surface area contributed by atoms with Crippen molar-refractivity contribution in [3.8, 4) is 11.5 Å². The number of ether oxygens (including phenoxy) is 2. The number of hydrazone groups is 1. The van der Waals surface area contributed by atoms with Crippen molar-refractivity contribution in [2.75, 3.05) is 27.3 Å². The highest BCUT2D eigenvalue weighted by atomic mass is 16.5. The number of aromatic nitrogens is 1. The van der Waals surface area contributed by atoms with E-state index in [4.69, 9.17) is 14.6 Å². The van der Waals surface area contributed by atoms with E-state index in [1.54, 1.807) is 48.7 Å². The second-order valence-electron chi connectivity index (χ2n) is 10.9. The molecule has 2 fully saturated rings. The van der Waals surface area contributed by atoms with Crippen molar-refractivity contribution in [1.82, 2.24) is 20.2 Å². The number of carbonyl (C=O) groups is 3. The van der Waals surface area contributed by atoms with Gasteiger partial charge in [0.15, 0.2) is 11.5 Å². The molecule has 0 unspecified atom stereocenters. The fourth-order valence-corrected chi connectivity index (χ4v) is 6.35. The topological polar surface area (TPSA) is 134 Å². The van der Waals surface area contributed by atoms with Crippen LogP contribution in [0, 0.1) is 11.8 Å². The third kappa shape index (κ3) is 6.13. The zero-order valence-corrected chi connectivity index (χ0v) is 23.5. The number of carboxylic acid groups (broad SMARTS) is 1. The van der Waals surface area contributed by atoms with Crippen molar-refractivity contribution < 1.29 is 29.0 Å². The van der Waals surface area contributed by atoms with E-state index in [9.17, 15) is 19.5 Å². The van der Waals surface area contributed by atoms with Crippen LogP contribution in [0.15, 0.2) is 47.8 Å². The highest BCUT2D eigenvalue weighted by molar-refractivity contribution is 6.07. The summed E-state index contributed by atoms with van der Waals surface area (Å²) in [5.41, 5.74) is 2.64. The third-order valence-corrected chi connectivity index (χ3v) is 8.46. The van der Waals surface area contributed by atoms with Crippen molar-refractivity contribution >= 4 is 23.6 Å². The standard InChI is InChI=1S/C30H37N5O6/c1-40-25-8-7-20(18-26(25)41-2)27-22-5-3-4-6-23(22)28(36)35(33-27)21-11-15-34(16-12-21)29(37)24(32-30(38)39)17-19-9-13-31-14-10-19/h7-10,13-14,18,21-24,32H,3-6,11-12,15-17H2,1-2H3,(H,38,39)/t22-,23+,24+/m0/s1. The number of nitrogens with zero attached hydrogens (tertiary/aromatic N) is 4. The normalized spacial score (nSPS) is 21.9. The van der Waals surface area contributed by atoms with Crippen molar-refractivity contribution in [3.63, 3.8) is 0 Å². The van der Waals surface area contributed by atoms with E-state index in [0.717, 1.165) is 42.5 Å². The van der Waals surface area contributed by atoms with Gasteiger partial charge in [-0.2, -0.15) is 5.10 Å². The lowest BCUT2D eigenvalue weighted by atomic mass is 9.73. The minimum Gasteiger partial charge on any atom is -0.493 e. The molecule has 1 aromatic heterocycles. The molecule has 3 atom stereocenters. The summed E-state index contributed by atoms with van der Waals surface area (Å²) < 4.78 is 11.0. The molecular weight excluding hydrogens is 526 g/mol. The molecule has 1 aliphatic carbocycles. The Kier molecular flexibility index (Phi) is 8.70. The average molecular weight is 564 g/mol. The lowest BCUT2D eigenvalue weighted by molar-refractivity contribution is -0.143. The zero-order chi connectivity index (χ0) is 28.9. The van der Waals surface area contributed by atoms with Gasteiger partial charge in [-0.3, -0.25) is 14.6 Å². The zero-order valence-electron chi connectivity index (χ0n) is 23.5. The van der Waals surface area contributed by atoms with Crippen LogP contribution >= 0.6 is 0 Å². The van der Waals surface area contributed by atoms with Gasteiger partial charge in [0, 0.05) is 49.3 Å². The minimum atomic E-state index is -1.25. The van der Waals surface area contributed by atoms with Crippen LogP contribution in [0.3, 0.4) is 0 Å². The SMILES string of the molecule is COc1ccc(C2=NN(C3CCN(C(=O)[C@@H](Cc4ccncc4)NC(=O)O)CC3)C(=O)[C@@H]3CCCC[C@H]23)cc1OC. The Labute approximate surface area is 239 Å². The van der Waals surface area contributed by atoms with Crippen molar-refractivity contribution in [2.45, 2.75) is 57.0 Å². The first-order valence-corrected chi connectivity index (χ1v) is 14.2. The van der Waals surface area contributed by atoms with E-state index in [1.165, 1.54) is 0 Å². The van der Waals surface area contributed by atoms with Gasteiger partial charge in [0.1, 0.15) is 6.04 Å². The van der Waals surface area contributed by atoms with Crippen LogP contribution in [0.2, 0.25) is 0 Å². The summed E-state index contributed by atoms with van der Waals surface area (Å²) >= 11 is 0. The number of benzene rings is 1. The summed E-state index contributed by atoms with van der Waals surface area (Å²) in [7, 11) is 3.20. The van der Waals surface area contributed by atoms with E-state index in [2.05, 4.69) is 10.3 Å². The summed E-state index contributed by atoms with van der Waals surface area (Å²) in [6.45, 7) is 0.827. The van der Waals surface area contributed by atoms with Gasteiger partial charge in [-0.15, -0.1) is 0 Å². The van der Waals surface area contributed by atoms with Gasteiger partial charge >= 0.3 is 6.09 Å². The summed E-state index contributed by atoms with van der Waals surface area (Å²) in [5.74, 6) is 0.988. The molecule has 218 valence electrons. The quantitative estimate of drug-likeness (QED) is 0.503. The van der Waals surface area contributed by atoms with Crippen LogP contribution in [0.4, 0.5) is 4.79 Å². The predicted octanol–water partition coefficient (Wildman–Crippen LogP) is 3.32. The molecular formula is C30H37N5O6. The van der Waals surface area contributed by atoms with Crippen molar-refractivity contribution in [3.05, 3.63) is 53.9 Å². The molecule has 41 heavy (non-hydrogen) atoms. The van der Waals surface area contributed by atoms with Crippen LogP contribution < -0.4 is 14.8 Å². The molecule has 2 N–H and O–H groups in total. The molecule has 1 saturated heterocycles. The van der Waals surface area contributed by atoms with Crippen LogP contribution in [0.1, 0.15) is 49.7 Å². The molecule has 11 nitrogen and oxygen atoms in total. The number of amides is 3. The average Bonchev–Trinajstić information content (AvgIpc) is 3.01. The maximum Gasteiger partial charge on any atom is 0.405 e. The smallest absolute Gasteiger partial charge is 0.405 e. The fourth-order valence-electron chi connectivity index (χ4n) is 6.35. The molecule has 1 aromatic carbocycles. The largest absolute Gasteiger partial charge is 0.493 e. The van der Waals surface area contributed by atoms with E-state index in [0.29, 0.717) is 37.4 Å². The molecule has 0 bridgehead atoms. The molecule has 2 aliphatic heterocycles. The molecule has 5 rings (SSSR count). The maximum atomic E-state index is 13.7. The van der Waals surface area contributed by atoms with Gasteiger partial charge < -0.3 is 24.8 Å². The first-order chi connectivity index (χ1) is 19.9. The van der Waals surface area contributed by atoms with E-state index in [-0.39, 0.29) is 36.1 Å². The fraction of sp³-hybridized carbons (Fsp3) is 0.500. The number of hydrogen-bond acceptors (Lipinski definition) is 7. The Morgan fingerprint density at radius 1 is 1.00 bits per heavy atom. The summed E-state index contributed by atoms with van der Waals surface area (Å²) in [5, 5.41) is 18.4. The van der Waals surface area contributed by atoms with Crippen LogP contribution in [0.25, 0.3) is 0 Å². The second kappa shape index (κ2) is 12.6. The lowest BCUT2D eigenvalue weighted by Gasteiger charge is -2.43. The number of fused-ring (bicyclic) bond motifs is 1. The molecule has 1 saturated carbocycles. The van der Waals surface area contributed by atoms with Crippen LogP contribution in [0.5, 0.6) is 11.5 Å². The monoisotopic (exact) mass is 563 g/mol. The number of hydrogen-bond donors (Lipinski definition) is 2. The van der Waals surface area contributed by atoms with Gasteiger partial charge in [0.25, 0.3) is 0 Å². The lowest BCUT2D eigenvalue weighted by Crippen LogP contribution is -2.55. The summed E-state index contributed by atoms with van der Waals surface area (Å²) in [4.78, 5) is 44.2. The van der Waals surface area contributed by atoms with E-state index in [1.807, 2.05) is 18.2 Å². The van der Waals surface area contributed by atoms with E-state index >= 15 is 0 Å². The van der Waals surface area contributed by atoms with Crippen LogP contribution in [-0.4, -0.2) is 83.0 Å². The van der Waals surface area contributed by atoms with Crippen molar-refractivity contribution in [2.24, 2.45) is 16.9 Å². The summed E-state index contributed by atoms with van der Waals surface area (Å²) in [6, 6.07) is 8.26. The molecule has 0 spiro atoms. The maximum absolute atomic E-state index is 13.7. The van der Waals surface area contributed by atoms with Crippen LogP contribution in [-0.2, 0) is 16.0 Å². The minimum absolute atomic E-state index is 0.0586. The van der Waals surface area contributed by atoms with Gasteiger partial charge in [0.05, 0.1) is 26.0 Å². The summed E-state index contributed by atoms with van der Waals surface area (Å²) in [6.07, 6.45) is 7.18.